The maximum atomic E-state index is 12.7. The van der Waals surface area contributed by atoms with E-state index in [9.17, 15) is 18.0 Å². The molecule has 0 aliphatic heterocycles. The number of nitrogens with zero attached hydrogens (tertiary/aromatic N) is 4. The van der Waals surface area contributed by atoms with Gasteiger partial charge in [-0.05, 0) is 24.8 Å². The van der Waals surface area contributed by atoms with Crippen LogP contribution in [0, 0.1) is 5.92 Å². The Hall–Kier alpha value is -2.65. The van der Waals surface area contributed by atoms with E-state index < -0.39 is 17.8 Å². The molecule has 134 valence electrons. The fourth-order valence-electron chi connectivity index (χ4n) is 2.65. The van der Waals surface area contributed by atoms with E-state index in [1.165, 1.54) is 11.1 Å². The molecule has 1 aliphatic carbocycles. The lowest BCUT2D eigenvalue weighted by Crippen LogP contribution is -2.37. The summed E-state index contributed by atoms with van der Waals surface area (Å²) in [6.07, 6.45) is -0.0507. The lowest BCUT2D eigenvalue weighted by Gasteiger charge is -2.32. The van der Waals surface area contributed by atoms with Gasteiger partial charge < -0.3 is 10.6 Å². The maximum Gasteiger partial charge on any atom is 0.435 e. The quantitative estimate of drug-likeness (QED) is 0.858. The second kappa shape index (κ2) is 6.69. The number of H-pyrrole nitrogens is 1. The van der Waals surface area contributed by atoms with Crippen LogP contribution in [0.3, 0.4) is 0 Å². The molecular weight excluding hydrogens is 337 g/mol. The number of aromatic amines is 1. The van der Waals surface area contributed by atoms with Crippen molar-refractivity contribution in [2.45, 2.75) is 32.0 Å². The standard InChI is InChI=1S/C15H17F3N6O/c16-15(17,18)12-6-11(22-23-12)13(25)24(7-9-2-1-3-9)8-10-4-5-20-14(19)21-10/h4-6,9H,1-3,7-8H2,(H,22,23)(H2,19,20,21). The van der Waals surface area contributed by atoms with Gasteiger partial charge in [-0.2, -0.15) is 18.3 Å². The van der Waals surface area contributed by atoms with Crippen molar-refractivity contribution < 1.29 is 18.0 Å². The smallest absolute Gasteiger partial charge is 0.368 e. The van der Waals surface area contributed by atoms with Crippen LogP contribution < -0.4 is 5.73 Å². The Morgan fingerprint density at radius 2 is 2.16 bits per heavy atom. The highest BCUT2D eigenvalue weighted by molar-refractivity contribution is 5.92. The number of amides is 1. The molecule has 2 heterocycles. The number of halogens is 3. The highest BCUT2D eigenvalue weighted by Gasteiger charge is 2.35. The van der Waals surface area contributed by atoms with Crippen molar-refractivity contribution in [2.75, 3.05) is 12.3 Å². The van der Waals surface area contributed by atoms with Gasteiger partial charge in [-0.3, -0.25) is 9.89 Å². The summed E-state index contributed by atoms with van der Waals surface area (Å²) in [5.74, 6) is -0.130. The van der Waals surface area contributed by atoms with Crippen molar-refractivity contribution in [3.05, 3.63) is 35.4 Å². The molecule has 3 N–H and O–H groups in total. The molecule has 0 bridgehead atoms. The zero-order valence-electron chi connectivity index (χ0n) is 13.3. The van der Waals surface area contributed by atoms with E-state index in [2.05, 4.69) is 20.2 Å². The molecule has 1 fully saturated rings. The van der Waals surface area contributed by atoms with Crippen LogP contribution >= 0.6 is 0 Å². The molecule has 0 atom stereocenters. The van der Waals surface area contributed by atoms with Crippen molar-refractivity contribution >= 4 is 11.9 Å². The van der Waals surface area contributed by atoms with Crippen LogP contribution in [0.15, 0.2) is 18.3 Å². The Morgan fingerprint density at radius 1 is 1.40 bits per heavy atom. The van der Waals surface area contributed by atoms with Gasteiger partial charge in [-0.1, -0.05) is 6.42 Å². The van der Waals surface area contributed by atoms with E-state index in [1.54, 1.807) is 6.07 Å². The predicted octanol–water partition coefficient (Wildman–Crippen LogP) is 2.24. The van der Waals surface area contributed by atoms with Gasteiger partial charge in [0.2, 0.25) is 5.95 Å². The monoisotopic (exact) mass is 354 g/mol. The number of carbonyl (C=O) groups is 1. The van der Waals surface area contributed by atoms with Gasteiger partial charge in [0, 0.05) is 18.8 Å². The van der Waals surface area contributed by atoms with Gasteiger partial charge in [-0.15, -0.1) is 0 Å². The van der Waals surface area contributed by atoms with Gasteiger partial charge in [0.15, 0.2) is 5.69 Å². The Labute approximate surface area is 141 Å². The van der Waals surface area contributed by atoms with Gasteiger partial charge in [0.05, 0.1) is 12.2 Å². The molecule has 0 spiro atoms. The van der Waals surface area contributed by atoms with Crippen LogP contribution in [0.25, 0.3) is 0 Å². The minimum absolute atomic E-state index is 0.0782. The van der Waals surface area contributed by atoms with Crippen LogP contribution in [0.5, 0.6) is 0 Å². The zero-order chi connectivity index (χ0) is 18.0. The number of nitrogen functional groups attached to an aromatic ring is 1. The number of rotatable bonds is 5. The third kappa shape index (κ3) is 4.06. The summed E-state index contributed by atoms with van der Waals surface area (Å²) in [6.45, 7) is 0.589. The predicted molar refractivity (Wildman–Crippen MR) is 82.1 cm³/mol. The van der Waals surface area contributed by atoms with Crippen LogP contribution in [0.4, 0.5) is 19.1 Å². The molecule has 2 aromatic heterocycles. The minimum Gasteiger partial charge on any atom is -0.368 e. The van der Waals surface area contributed by atoms with Crippen molar-refractivity contribution in [1.29, 1.82) is 0 Å². The van der Waals surface area contributed by atoms with Gasteiger partial charge in [-0.25, -0.2) is 9.97 Å². The Bertz CT molecular complexity index is 756. The zero-order valence-corrected chi connectivity index (χ0v) is 13.3. The maximum absolute atomic E-state index is 12.7. The third-order valence-corrected chi connectivity index (χ3v) is 4.17. The summed E-state index contributed by atoms with van der Waals surface area (Å²) < 4.78 is 38.1. The van der Waals surface area contributed by atoms with Crippen molar-refractivity contribution in [3.8, 4) is 0 Å². The van der Waals surface area contributed by atoms with E-state index >= 15 is 0 Å². The van der Waals surface area contributed by atoms with Crippen LogP contribution in [-0.2, 0) is 12.7 Å². The van der Waals surface area contributed by atoms with Gasteiger partial charge in [0.25, 0.3) is 5.91 Å². The summed E-state index contributed by atoms with van der Waals surface area (Å²) >= 11 is 0. The Morgan fingerprint density at radius 3 is 2.72 bits per heavy atom. The molecule has 10 heteroatoms. The molecule has 3 rings (SSSR count). The number of anilines is 1. The van der Waals surface area contributed by atoms with Crippen LogP contribution in [0.1, 0.15) is 41.1 Å². The third-order valence-electron chi connectivity index (χ3n) is 4.17. The lowest BCUT2D eigenvalue weighted by molar-refractivity contribution is -0.141. The van der Waals surface area contributed by atoms with E-state index in [0.29, 0.717) is 18.2 Å². The average molecular weight is 354 g/mol. The molecule has 0 aromatic carbocycles. The number of hydrogen-bond donors (Lipinski definition) is 2. The number of carbonyl (C=O) groups excluding carboxylic acids is 1. The second-order valence-corrected chi connectivity index (χ2v) is 6.05. The van der Waals surface area contributed by atoms with Crippen LogP contribution in [0.2, 0.25) is 0 Å². The fraction of sp³-hybridized carbons (Fsp3) is 0.467. The molecule has 1 aliphatic rings. The first kappa shape index (κ1) is 17.2. The Kier molecular flexibility index (Phi) is 4.60. The molecule has 2 aromatic rings. The Balaban J connectivity index is 1.80. The molecular formula is C15H17F3N6O. The second-order valence-electron chi connectivity index (χ2n) is 6.05. The molecule has 0 unspecified atom stereocenters. The molecule has 0 saturated heterocycles. The van der Waals surface area contributed by atoms with Gasteiger partial charge in [0.1, 0.15) is 5.69 Å². The first-order valence-corrected chi connectivity index (χ1v) is 7.82. The van der Waals surface area contributed by atoms with E-state index in [-0.39, 0.29) is 18.2 Å². The highest BCUT2D eigenvalue weighted by Crippen LogP contribution is 2.30. The fourth-order valence-corrected chi connectivity index (χ4v) is 2.65. The van der Waals surface area contributed by atoms with Crippen LogP contribution in [-0.4, -0.2) is 37.5 Å². The number of hydrogen-bond acceptors (Lipinski definition) is 5. The van der Waals surface area contributed by atoms with Crippen molar-refractivity contribution in [1.82, 2.24) is 25.1 Å². The normalized spacial score (nSPS) is 15.0. The van der Waals surface area contributed by atoms with E-state index in [0.717, 1.165) is 25.3 Å². The molecule has 0 radical (unpaired) electrons. The summed E-state index contributed by atoms with van der Waals surface area (Å²) in [5, 5.41) is 5.36. The molecule has 7 nitrogen and oxygen atoms in total. The minimum atomic E-state index is -4.60. The number of alkyl halides is 3. The molecule has 1 saturated carbocycles. The largest absolute Gasteiger partial charge is 0.435 e. The van der Waals surface area contributed by atoms with Gasteiger partial charge >= 0.3 is 6.18 Å². The summed E-state index contributed by atoms with van der Waals surface area (Å²) in [6, 6.07) is 2.34. The summed E-state index contributed by atoms with van der Waals surface area (Å²) in [7, 11) is 0. The molecule has 1 amide bonds. The summed E-state index contributed by atoms with van der Waals surface area (Å²) in [4.78, 5) is 22.0. The number of aromatic nitrogens is 4. The van der Waals surface area contributed by atoms with E-state index in [1.807, 2.05) is 0 Å². The van der Waals surface area contributed by atoms with Crippen molar-refractivity contribution in [3.63, 3.8) is 0 Å². The summed E-state index contributed by atoms with van der Waals surface area (Å²) in [5.41, 5.74) is 4.75. The van der Waals surface area contributed by atoms with Crippen molar-refractivity contribution in [2.24, 2.45) is 5.92 Å². The molecule has 25 heavy (non-hydrogen) atoms. The first-order valence-electron chi connectivity index (χ1n) is 7.82. The first-order chi connectivity index (χ1) is 11.8. The highest BCUT2D eigenvalue weighted by atomic mass is 19.4. The lowest BCUT2D eigenvalue weighted by atomic mass is 9.85. The SMILES string of the molecule is Nc1nccc(CN(CC2CCC2)C(=O)c2cc(C(F)(F)F)n[nH]2)n1. The number of nitrogens with two attached hydrogens (primary N) is 1. The average Bonchev–Trinajstić information content (AvgIpc) is 2.99. The topological polar surface area (TPSA) is 101 Å². The number of nitrogens with one attached hydrogen (secondary N) is 1. The van der Waals surface area contributed by atoms with E-state index in [4.69, 9.17) is 5.73 Å².